The van der Waals surface area contributed by atoms with Crippen molar-refractivity contribution in [2.45, 2.75) is 12.2 Å². The summed E-state index contributed by atoms with van der Waals surface area (Å²) in [6.07, 6.45) is 0.0192. The zero-order chi connectivity index (χ0) is 14.7. The Bertz CT molecular complexity index is 628. The lowest BCUT2D eigenvalue weighted by Crippen LogP contribution is -2.34. The molecule has 1 fully saturated rings. The Morgan fingerprint density at radius 1 is 1.14 bits per heavy atom. The van der Waals surface area contributed by atoms with Gasteiger partial charge in [0, 0.05) is 12.1 Å². The Kier molecular flexibility index (Phi) is 3.99. The smallest absolute Gasteiger partial charge is 0.181 e. The van der Waals surface area contributed by atoms with Crippen LogP contribution >= 0.6 is 0 Å². The third-order valence-electron chi connectivity index (χ3n) is 3.70. The van der Waals surface area contributed by atoms with Crippen LogP contribution in [0.3, 0.4) is 0 Å². The molecule has 1 heterocycles. The molecule has 2 aromatic rings. The molecule has 4 nitrogen and oxygen atoms in total. The van der Waals surface area contributed by atoms with Gasteiger partial charge in [-0.3, -0.25) is 15.4 Å². The highest BCUT2D eigenvalue weighted by Crippen LogP contribution is 2.19. The summed E-state index contributed by atoms with van der Waals surface area (Å²) in [5, 5.41) is 6.68. The van der Waals surface area contributed by atoms with E-state index in [0.717, 1.165) is 5.56 Å². The van der Waals surface area contributed by atoms with Crippen LogP contribution in [-0.4, -0.2) is 25.5 Å². The lowest BCUT2D eigenvalue weighted by Gasteiger charge is -2.13. The zero-order valence-electron chi connectivity index (χ0n) is 11.9. The van der Waals surface area contributed by atoms with Crippen LogP contribution in [0.25, 0.3) is 0 Å². The summed E-state index contributed by atoms with van der Waals surface area (Å²) in [6, 6.07) is 17.1. The summed E-state index contributed by atoms with van der Waals surface area (Å²) >= 11 is 0. The average molecular weight is 282 g/mol. The maximum atomic E-state index is 12.5. The fourth-order valence-electron chi connectivity index (χ4n) is 2.56. The van der Waals surface area contributed by atoms with E-state index in [4.69, 9.17) is 4.74 Å². The predicted molar refractivity (Wildman–Crippen MR) is 81.4 cm³/mol. The highest BCUT2D eigenvalue weighted by Gasteiger charge is 2.29. The van der Waals surface area contributed by atoms with Gasteiger partial charge in [0.25, 0.3) is 0 Å². The largest absolute Gasteiger partial charge is 0.497 e. The van der Waals surface area contributed by atoms with Crippen molar-refractivity contribution in [1.29, 1.82) is 0 Å². The third-order valence-corrected chi connectivity index (χ3v) is 3.70. The summed E-state index contributed by atoms with van der Waals surface area (Å²) in [6.45, 7) is 0.621. The van der Waals surface area contributed by atoms with Gasteiger partial charge in [-0.1, -0.05) is 42.5 Å². The van der Waals surface area contributed by atoms with Gasteiger partial charge in [0.05, 0.1) is 19.3 Å². The van der Waals surface area contributed by atoms with Crippen LogP contribution in [0, 0.1) is 0 Å². The number of methoxy groups -OCH3 is 1. The van der Waals surface area contributed by atoms with Gasteiger partial charge < -0.3 is 4.74 Å². The molecule has 21 heavy (non-hydrogen) atoms. The quantitative estimate of drug-likeness (QED) is 0.844. The lowest BCUT2D eigenvalue weighted by molar-refractivity contribution is 0.0955. The van der Waals surface area contributed by atoms with Crippen molar-refractivity contribution < 1.29 is 9.53 Å². The number of nitrogens with one attached hydrogen (secondary N) is 2. The molecule has 0 radical (unpaired) electrons. The molecule has 1 aliphatic rings. The molecule has 1 aliphatic heterocycles. The molecule has 0 bridgehead atoms. The number of carbonyl (C=O) groups excluding carboxylic acids is 1. The second kappa shape index (κ2) is 6.08. The van der Waals surface area contributed by atoms with E-state index < -0.39 is 0 Å². The molecule has 3 rings (SSSR count). The number of hydrogen-bond acceptors (Lipinski definition) is 4. The van der Waals surface area contributed by atoms with E-state index in [0.29, 0.717) is 17.9 Å². The Morgan fingerprint density at radius 3 is 2.71 bits per heavy atom. The average Bonchev–Trinajstić information content (AvgIpc) is 3.05. The topological polar surface area (TPSA) is 50.4 Å². The molecule has 2 aromatic carbocycles. The predicted octanol–water partition coefficient (Wildman–Crippen LogP) is 2.14. The Hall–Kier alpha value is -2.17. The first kappa shape index (κ1) is 13.8. The van der Waals surface area contributed by atoms with Gasteiger partial charge >= 0.3 is 0 Å². The monoisotopic (exact) mass is 282 g/mol. The number of hydrogen-bond donors (Lipinski definition) is 2. The van der Waals surface area contributed by atoms with E-state index in [1.807, 2.05) is 48.5 Å². The molecular formula is C17H18N2O2. The van der Waals surface area contributed by atoms with E-state index in [-0.39, 0.29) is 18.0 Å². The molecule has 4 heteroatoms. The van der Waals surface area contributed by atoms with Crippen LogP contribution < -0.4 is 15.4 Å². The second-order valence-electron chi connectivity index (χ2n) is 5.07. The fraction of sp³-hybridized carbons (Fsp3) is 0.235. The molecule has 0 aromatic heterocycles. The number of rotatable bonds is 4. The van der Waals surface area contributed by atoms with E-state index in [2.05, 4.69) is 10.6 Å². The maximum Gasteiger partial charge on any atom is 0.181 e. The first-order chi connectivity index (χ1) is 10.3. The Labute approximate surface area is 124 Å². The summed E-state index contributed by atoms with van der Waals surface area (Å²) in [5.41, 5.74) is 1.81. The van der Waals surface area contributed by atoms with E-state index in [9.17, 15) is 4.79 Å². The highest BCUT2D eigenvalue weighted by molar-refractivity contribution is 6.00. The third kappa shape index (κ3) is 2.96. The Balaban J connectivity index is 1.72. The van der Waals surface area contributed by atoms with E-state index >= 15 is 0 Å². The first-order valence-corrected chi connectivity index (χ1v) is 7.00. The molecular weight excluding hydrogens is 264 g/mol. The number of ether oxygens (including phenoxy) is 1. The molecule has 2 unspecified atom stereocenters. The van der Waals surface area contributed by atoms with Crippen LogP contribution in [0.1, 0.15) is 22.1 Å². The van der Waals surface area contributed by atoms with Crippen molar-refractivity contribution in [3.63, 3.8) is 0 Å². The number of carbonyl (C=O) groups is 1. The minimum atomic E-state index is -0.220. The molecule has 0 spiro atoms. The van der Waals surface area contributed by atoms with Crippen molar-refractivity contribution >= 4 is 5.78 Å². The molecule has 0 amide bonds. The van der Waals surface area contributed by atoms with Crippen molar-refractivity contribution in [1.82, 2.24) is 10.6 Å². The van der Waals surface area contributed by atoms with Gasteiger partial charge in [-0.05, 0) is 17.7 Å². The summed E-state index contributed by atoms with van der Waals surface area (Å²) in [5.74, 6) is 0.784. The standard InChI is InChI=1S/C17H18N2O2/c1-21-14-9-5-8-13(10-14)16(20)15-11-18-17(19-15)12-6-3-2-4-7-12/h2-10,15,17-19H,11H2,1H3. The maximum absolute atomic E-state index is 12.5. The van der Waals surface area contributed by atoms with Gasteiger partial charge in [-0.25, -0.2) is 0 Å². The van der Waals surface area contributed by atoms with Gasteiger partial charge in [-0.15, -0.1) is 0 Å². The molecule has 108 valence electrons. The van der Waals surface area contributed by atoms with E-state index in [1.54, 1.807) is 13.2 Å². The normalized spacial score (nSPS) is 21.2. The number of ketones is 1. The van der Waals surface area contributed by atoms with Crippen molar-refractivity contribution in [3.05, 3.63) is 65.7 Å². The summed E-state index contributed by atoms with van der Waals surface area (Å²) < 4.78 is 5.17. The Morgan fingerprint density at radius 2 is 1.95 bits per heavy atom. The van der Waals surface area contributed by atoms with Crippen LogP contribution in [0.15, 0.2) is 54.6 Å². The lowest BCUT2D eigenvalue weighted by atomic mass is 10.0. The SMILES string of the molecule is COc1cccc(C(=O)C2CNC(c3ccccc3)N2)c1. The van der Waals surface area contributed by atoms with Crippen LogP contribution in [0.5, 0.6) is 5.75 Å². The van der Waals surface area contributed by atoms with Crippen LogP contribution in [-0.2, 0) is 0 Å². The first-order valence-electron chi connectivity index (χ1n) is 7.00. The van der Waals surface area contributed by atoms with Crippen LogP contribution in [0.4, 0.5) is 0 Å². The van der Waals surface area contributed by atoms with Gasteiger partial charge in [0.1, 0.15) is 5.75 Å². The summed E-state index contributed by atoms with van der Waals surface area (Å²) in [4.78, 5) is 12.5. The number of benzene rings is 2. The van der Waals surface area contributed by atoms with Gasteiger partial charge in [-0.2, -0.15) is 0 Å². The molecule has 2 N–H and O–H groups in total. The molecule has 2 atom stereocenters. The van der Waals surface area contributed by atoms with Crippen molar-refractivity contribution in [2.75, 3.05) is 13.7 Å². The zero-order valence-corrected chi connectivity index (χ0v) is 11.9. The second-order valence-corrected chi connectivity index (χ2v) is 5.07. The minimum Gasteiger partial charge on any atom is -0.497 e. The number of Topliss-reactive ketones (excluding diaryl/α,β-unsaturated/α-hetero) is 1. The molecule has 0 aliphatic carbocycles. The van der Waals surface area contributed by atoms with Gasteiger partial charge in [0.2, 0.25) is 0 Å². The molecule has 0 saturated carbocycles. The fourth-order valence-corrected chi connectivity index (χ4v) is 2.56. The van der Waals surface area contributed by atoms with Crippen molar-refractivity contribution in [3.8, 4) is 5.75 Å². The molecule has 1 saturated heterocycles. The van der Waals surface area contributed by atoms with Crippen LogP contribution in [0.2, 0.25) is 0 Å². The minimum absolute atomic E-state index is 0.0192. The van der Waals surface area contributed by atoms with Crippen molar-refractivity contribution in [2.24, 2.45) is 0 Å². The summed E-state index contributed by atoms with van der Waals surface area (Å²) in [7, 11) is 1.60. The highest BCUT2D eigenvalue weighted by atomic mass is 16.5. The van der Waals surface area contributed by atoms with E-state index in [1.165, 1.54) is 0 Å². The van der Waals surface area contributed by atoms with Gasteiger partial charge in [0.15, 0.2) is 5.78 Å².